The molecule has 0 aromatic heterocycles. The first-order valence-electron chi connectivity index (χ1n) is 8.22. The van der Waals surface area contributed by atoms with Gasteiger partial charge in [0.1, 0.15) is 17.1 Å². The van der Waals surface area contributed by atoms with Crippen molar-refractivity contribution in [2.24, 2.45) is 0 Å². The monoisotopic (exact) mass is 396 g/mol. The van der Waals surface area contributed by atoms with Crippen LogP contribution >= 0.6 is 0 Å². The lowest BCUT2D eigenvalue weighted by atomic mass is 10.1. The van der Waals surface area contributed by atoms with E-state index in [1.807, 2.05) is 0 Å². The Kier molecular flexibility index (Phi) is 6.86. The summed E-state index contributed by atoms with van der Waals surface area (Å²) in [6.07, 6.45) is -5.30. The van der Waals surface area contributed by atoms with Crippen molar-refractivity contribution in [3.63, 3.8) is 0 Å². The maximum Gasteiger partial charge on any atom is 0.389 e. The first-order valence-corrected chi connectivity index (χ1v) is 8.22. The largest absolute Gasteiger partial charge is 0.496 e. The van der Waals surface area contributed by atoms with Crippen LogP contribution in [0.15, 0.2) is 42.5 Å². The minimum Gasteiger partial charge on any atom is -0.496 e. The Bertz CT molecular complexity index is 814. The number of anilines is 1. The van der Waals surface area contributed by atoms with Crippen LogP contribution in [0.4, 0.5) is 23.7 Å². The number of imide groups is 1. The Morgan fingerprint density at radius 2 is 1.54 bits per heavy atom. The second-order valence-electron chi connectivity index (χ2n) is 5.76. The van der Waals surface area contributed by atoms with Gasteiger partial charge in [-0.25, -0.2) is 4.79 Å². The van der Waals surface area contributed by atoms with E-state index >= 15 is 0 Å². The Hall–Kier alpha value is -3.23. The van der Waals surface area contributed by atoms with Crippen LogP contribution in [0.25, 0.3) is 0 Å². The molecular formula is C19H19F3N2O4. The molecule has 150 valence electrons. The van der Waals surface area contributed by atoms with Crippen molar-refractivity contribution >= 4 is 17.6 Å². The van der Waals surface area contributed by atoms with Gasteiger partial charge in [-0.05, 0) is 36.2 Å². The van der Waals surface area contributed by atoms with Crippen molar-refractivity contribution in [2.45, 2.75) is 19.0 Å². The second-order valence-corrected chi connectivity index (χ2v) is 5.76. The van der Waals surface area contributed by atoms with Crippen LogP contribution in [0.3, 0.4) is 0 Å². The molecule has 3 amide bonds. The molecule has 2 aromatic carbocycles. The summed E-state index contributed by atoms with van der Waals surface area (Å²) < 4.78 is 47.0. The number of hydrogen-bond acceptors (Lipinski definition) is 4. The van der Waals surface area contributed by atoms with Crippen LogP contribution in [0, 0.1) is 0 Å². The van der Waals surface area contributed by atoms with Gasteiger partial charge in [0.05, 0.1) is 14.2 Å². The Balaban J connectivity index is 2.00. The molecule has 0 aliphatic heterocycles. The maximum atomic E-state index is 12.4. The van der Waals surface area contributed by atoms with Crippen molar-refractivity contribution in [1.82, 2.24) is 5.32 Å². The zero-order chi connectivity index (χ0) is 20.7. The third kappa shape index (κ3) is 5.90. The molecular weight excluding hydrogens is 377 g/mol. The molecule has 2 aromatic rings. The molecule has 0 heterocycles. The Morgan fingerprint density at radius 3 is 2.04 bits per heavy atom. The summed E-state index contributed by atoms with van der Waals surface area (Å²) in [7, 11) is 2.76. The molecule has 0 saturated heterocycles. The van der Waals surface area contributed by atoms with Gasteiger partial charge in [0.25, 0.3) is 5.91 Å². The zero-order valence-electron chi connectivity index (χ0n) is 15.2. The number of benzene rings is 2. The third-order valence-corrected chi connectivity index (χ3v) is 3.79. The minimum absolute atomic E-state index is 0.0603. The Labute approximate surface area is 159 Å². The third-order valence-electron chi connectivity index (χ3n) is 3.79. The minimum atomic E-state index is -4.23. The molecule has 0 spiro atoms. The van der Waals surface area contributed by atoms with Gasteiger partial charge in [0, 0.05) is 12.1 Å². The second kappa shape index (κ2) is 9.12. The van der Waals surface area contributed by atoms with Crippen molar-refractivity contribution < 1.29 is 32.2 Å². The van der Waals surface area contributed by atoms with Gasteiger partial charge in [0.2, 0.25) is 0 Å². The lowest BCUT2D eigenvalue weighted by Gasteiger charge is -2.13. The number of ether oxygens (including phenoxy) is 2. The van der Waals surface area contributed by atoms with E-state index in [2.05, 4.69) is 10.6 Å². The highest BCUT2D eigenvalue weighted by Gasteiger charge is 2.26. The van der Waals surface area contributed by atoms with Crippen molar-refractivity contribution in [1.29, 1.82) is 0 Å². The van der Waals surface area contributed by atoms with E-state index in [9.17, 15) is 22.8 Å². The number of rotatable bonds is 6. The lowest BCUT2D eigenvalue weighted by Crippen LogP contribution is -2.34. The number of carbonyl (C=O) groups is 2. The van der Waals surface area contributed by atoms with Crippen LogP contribution in [0.2, 0.25) is 0 Å². The van der Waals surface area contributed by atoms with Crippen LogP contribution in [-0.4, -0.2) is 32.3 Å². The van der Waals surface area contributed by atoms with E-state index in [1.165, 1.54) is 38.5 Å². The predicted octanol–water partition coefficient (Wildman–Crippen LogP) is 4.16. The van der Waals surface area contributed by atoms with Crippen molar-refractivity contribution in [2.75, 3.05) is 19.5 Å². The average Bonchev–Trinajstić information content (AvgIpc) is 2.65. The van der Waals surface area contributed by atoms with Gasteiger partial charge in [-0.15, -0.1) is 0 Å². The number of nitrogens with one attached hydrogen (secondary N) is 2. The molecule has 0 unspecified atom stereocenters. The molecule has 0 saturated carbocycles. The molecule has 6 nitrogen and oxygen atoms in total. The number of carbonyl (C=O) groups excluding carboxylic acids is 2. The molecule has 0 radical (unpaired) electrons. The number of halogens is 3. The molecule has 9 heteroatoms. The summed E-state index contributed by atoms with van der Waals surface area (Å²) in [5, 5.41) is 4.60. The van der Waals surface area contributed by atoms with E-state index in [0.29, 0.717) is 11.3 Å². The van der Waals surface area contributed by atoms with Gasteiger partial charge < -0.3 is 14.8 Å². The molecule has 0 aliphatic rings. The number of urea groups is 1. The predicted molar refractivity (Wildman–Crippen MR) is 96.8 cm³/mol. The van der Waals surface area contributed by atoms with Gasteiger partial charge in [-0.1, -0.05) is 18.2 Å². The molecule has 0 aliphatic carbocycles. The fraction of sp³-hybridized carbons (Fsp3) is 0.263. The number of alkyl halides is 3. The van der Waals surface area contributed by atoms with Gasteiger partial charge >= 0.3 is 12.2 Å². The van der Waals surface area contributed by atoms with Crippen molar-refractivity contribution in [3.05, 3.63) is 53.6 Å². The average molecular weight is 396 g/mol. The fourth-order valence-electron chi connectivity index (χ4n) is 2.44. The highest BCUT2D eigenvalue weighted by molar-refractivity contribution is 6.10. The number of amides is 3. The maximum absolute atomic E-state index is 12.4. The molecule has 28 heavy (non-hydrogen) atoms. The topological polar surface area (TPSA) is 76.7 Å². The van der Waals surface area contributed by atoms with Crippen LogP contribution in [-0.2, 0) is 6.42 Å². The summed E-state index contributed by atoms with van der Waals surface area (Å²) in [5.41, 5.74) is 0.872. The van der Waals surface area contributed by atoms with Crippen LogP contribution in [0.5, 0.6) is 11.5 Å². The summed E-state index contributed by atoms with van der Waals surface area (Å²) in [5.74, 6) is -0.258. The quantitative estimate of drug-likeness (QED) is 0.769. The molecule has 0 atom stereocenters. The van der Waals surface area contributed by atoms with Gasteiger partial charge in [-0.2, -0.15) is 13.2 Å². The SMILES string of the molecule is COc1cccc(OC)c1C(=O)NC(=O)Nc1ccc(CCC(F)(F)F)cc1. The standard InChI is InChI=1S/C19H19F3N2O4/c1-27-14-4-3-5-15(28-2)16(14)17(25)24-18(26)23-13-8-6-12(7-9-13)10-11-19(20,21)22/h3-9H,10-11H2,1-2H3,(H2,23,24,25,26). The van der Waals surface area contributed by atoms with E-state index in [4.69, 9.17) is 9.47 Å². The summed E-state index contributed by atoms with van der Waals surface area (Å²) in [6.45, 7) is 0. The highest BCUT2D eigenvalue weighted by Crippen LogP contribution is 2.28. The first kappa shape index (κ1) is 21.1. The molecule has 2 rings (SSSR count). The van der Waals surface area contributed by atoms with E-state index in [1.54, 1.807) is 18.2 Å². The molecule has 0 fully saturated rings. The lowest BCUT2D eigenvalue weighted by molar-refractivity contribution is -0.134. The van der Waals surface area contributed by atoms with Crippen LogP contribution in [0.1, 0.15) is 22.3 Å². The van der Waals surface area contributed by atoms with E-state index in [-0.39, 0.29) is 23.5 Å². The van der Waals surface area contributed by atoms with Crippen LogP contribution < -0.4 is 20.1 Å². The Morgan fingerprint density at radius 1 is 0.964 bits per heavy atom. The van der Waals surface area contributed by atoms with E-state index < -0.39 is 24.5 Å². The summed E-state index contributed by atoms with van der Waals surface area (Å²) in [6, 6.07) is 9.80. The fourth-order valence-corrected chi connectivity index (χ4v) is 2.44. The summed E-state index contributed by atoms with van der Waals surface area (Å²) in [4.78, 5) is 24.5. The smallest absolute Gasteiger partial charge is 0.389 e. The normalized spacial score (nSPS) is 10.9. The van der Waals surface area contributed by atoms with Crippen molar-refractivity contribution in [3.8, 4) is 11.5 Å². The summed E-state index contributed by atoms with van der Waals surface area (Å²) >= 11 is 0. The zero-order valence-corrected chi connectivity index (χ0v) is 15.2. The van der Waals surface area contributed by atoms with Gasteiger partial charge in [0.15, 0.2) is 0 Å². The first-order chi connectivity index (χ1) is 13.2. The van der Waals surface area contributed by atoms with Gasteiger partial charge in [-0.3, -0.25) is 10.1 Å². The molecule has 0 bridgehead atoms. The highest BCUT2D eigenvalue weighted by atomic mass is 19.4. The number of methoxy groups -OCH3 is 2. The number of hydrogen-bond donors (Lipinski definition) is 2. The van der Waals surface area contributed by atoms with E-state index in [0.717, 1.165) is 0 Å². The number of aryl methyl sites for hydroxylation is 1. The molecule has 2 N–H and O–H groups in total.